The number of methoxy groups -OCH3 is 1. The van der Waals surface area contributed by atoms with E-state index in [1.165, 1.54) is 25.3 Å². The normalized spacial score (nSPS) is 28.6. The second-order valence-electron chi connectivity index (χ2n) is 12.5. The van der Waals surface area contributed by atoms with E-state index in [2.05, 4.69) is 5.32 Å². The molecule has 0 spiro atoms. The lowest BCUT2D eigenvalue weighted by Crippen LogP contribution is -2.58. The quantitative estimate of drug-likeness (QED) is 0.224. The number of hydrogen-bond acceptors (Lipinski definition) is 12. The number of ketones is 3. The van der Waals surface area contributed by atoms with Crippen LogP contribution in [0.25, 0.3) is 0 Å². The maximum absolute atomic E-state index is 13.8. The summed E-state index contributed by atoms with van der Waals surface area (Å²) in [5.74, 6) is -3.70. The predicted octanol–water partition coefficient (Wildman–Crippen LogP) is 1.43. The van der Waals surface area contributed by atoms with Crippen LogP contribution in [0.2, 0.25) is 0 Å². The fourth-order valence-corrected chi connectivity index (χ4v) is 6.41. The molecule has 2 aromatic carbocycles. The third-order valence-electron chi connectivity index (χ3n) is 8.38. The number of benzene rings is 2. The summed E-state index contributed by atoms with van der Waals surface area (Å²) in [5.41, 5.74) is -3.91. The third kappa shape index (κ3) is 5.22. The molecule has 5 rings (SSSR count). The van der Waals surface area contributed by atoms with Crippen molar-refractivity contribution in [2.45, 2.75) is 88.7 Å². The number of aliphatic hydroxyl groups excluding tert-OH is 2. The van der Waals surface area contributed by atoms with Gasteiger partial charge in [0, 0.05) is 47.5 Å². The minimum atomic E-state index is -2.24. The molecule has 1 saturated heterocycles. The van der Waals surface area contributed by atoms with Gasteiger partial charge in [-0.25, -0.2) is 0 Å². The second kappa shape index (κ2) is 11.0. The molecule has 12 heteroatoms. The van der Waals surface area contributed by atoms with Gasteiger partial charge in [0.2, 0.25) is 5.78 Å². The number of carbonyl (C=O) groups is 3. The highest BCUT2D eigenvalue weighted by Crippen LogP contribution is 2.52. The summed E-state index contributed by atoms with van der Waals surface area (Å²) in [6, 6.07) is 3.93. The Kier molecular flexibility index (Phi) is 7.91. The molecule has 0 saturated carbocycles. The van der Waals surface area contributed by atoms with E-state index < -0.39 is 95.7 Å². The highest BCUT2D eigenvalue weighted by Gasteiger charge is 2.50. The highest BCUT2D eigenvalue weighted by molar-refractivity contribution is 6.31. The zero-order chi connectivity index (χ0) is 31.6. The van der Waals surface area contributed by atoms with Gasteiger partial charge in [-0.2, -0.15) is 0 Å². The standard InChI is InChI=1S/C31H37NO11/c1-13-25(35)16(32-30(2,3)4)9-20(42-13)43-18-11-31(40,19(34)12-33)10-15-22(18)29(39)24-23(27(15)37)26(36)14-7-6-8-17(41-5)21(14)28(24)38/h6-8,13,16,18,20,25,32-33,35,37,39-40H,9-12H2,1-5H3/t13-,16-,18-,20+,25+,31-/m0/s1. The van der Waals surface area contributed by atoms with E-state index in [-0.39, 0.29) is 40.0 Å². The Morgan fingerprint density at radius 3 is 2.42 bits per heavy atom. The van der Waals surface area contributed by atoms with E-state index in [1.807, 2.05) is 20.8 Å². The lowest BCUT2D eigenvalue weighted by atomic mass is 9.72. The molecule has 1 heterocycles. The van der Waals surface area contributed by atoms with E-state index in [4.69, 9.17) is 14.2 Å². The fourth-order valence-electron chi connectivity index (χ4n) is 6.41. The van der Waals surface area contributed by atoms with Crippen molar-refractivity contribution in [3.05, 3.63) is 51.6 Å². The number of phenolic OH excluding ortho intramolecular Hbond substituents is 2. The van der Waals surface area contributed by atoms with Gasteiger partial charge in [0.1, 0.15) is 29.5 Å². The molecule has 0 radical (unpaired) electrons. The van der Waals surface area contributed by atoms with Crippen LogP contribution >= 0.6 is 0 Å². The first-order chi connectivity index (χ1) is 20.1. The smallest absolute Gasteiger partial charge is 0.202 e. The van der Waals surface area contributed by atoms with Crippen LogP contribution in [0.4, 0.5) is 0 Å². The van der Waals surface area contributed by atoms with Crippen molar-refractivity contribution in [1.82, 2.24) is 5.32 Å². The van der Waals surface area contributed by atoms with Crippen LogP contribution in [-0.4, -0.2) is 92.3 Å². The minimum Gasteiger partial charge on any atom is -0.507 e. The predicted molar refractivity (Wildman–Crippen MR) is 150 cm³/mol. The van der Waals surface area contributed by atoms with Gasteiger partial charge in [-0.3, -0.25) is 14.4 Å². The molecule has 6 atom stereocenters. The Morgan fingerprint density at radius 1 is 1.12 bits per heavy atom. The SMILES string of the molecule is COc1cccc2c1C(=O)c1c(O)c3c(c(O)c1C2=O)C[C@@](O)(C(=O)CO)C[C@@H]3O[C@@H]1C[C@H](NC(C)(C)C)[C@H](O)[C@H](C)O1. The summed E-state index contributed by atoms with van der Waals surface area (Å²) in [7, 11) is 1.33. The van der Waals surface area contributed by atoms with E-state index >= 15 is 0 Å². The number of nitrogens with one attached hydrogen (secondary N) is 1. The lowest BCUT2D eigenvalue weighted by Gasteiger charge is -2.44. The number of Topliss-reactive ketones (excluding diaryl/α,β-unsaturated/α-hetero) is 1. The summed E-state index contributed by atoms with van der Waals surface area (Å²) < 4.78 is 17.5. The molecule has 1 fully saturated rings. The Morgan fingerprint density at radius 2 is 1.79 bits per heavy atom. The van der Waals surface area contributed by atoms with Crippen molar-refractivity contribution in [2.75, 3.05) is 13.7 Å². The molecule has 12 nitrogen and oxygen atoms in total. The number of ether oxygens (including phenoxy) is 3. The molecule has 2 aromatic rings. The first-order valence-electron chi connectivity index (χ1n) is 14.1. The van der Waals surface area contributed by atoms with Gasteiger partial charge in [0.25, 0.3) is 0 Å². The van der Waals surface area contributed by atoms with Gasteiger partial charge in [-0.15, -0.1) is 0 Å². The highest BCUT2D eigenvalue weighted by atomic mass is 16.7. The van der Waals surface area contributed by atoms with Crippen LogP contribution in [0.15, 0.2) is 18.2 Å². The fraction of sp³-hybridized carbons (Fsp3) is 0.516. The van der Waals surface area contributed by atoms with Gasteiger partial charge in [0.05, 0.1) is 42.1 Å². The summed E-state index contributed by atoms with van der Waals surface area (Å²) >= 11 is 0. The molecule has 2 aliphatic carbocycles. The Labute approximate surface area is 248 Å². The van der Waals surface area contributed by atoms with Crippen molar-refractivity contribution >= 4 is 17.3 Å². The van der Waals surface area contributed by atoms with Gasteiger partial charge in [-0.05, 0) is 33.8 Å². The van der Waals surface area contributed by atoms with Crippen LogP contribution in [-0.2, 0) is 20.7 Å². The molecule has 232 valence electrons. The zero-order valence-corrected chi connectivity index (χ0v) is 24.6. The van der Waals surface area contributed by atoms with Crippen LogP contribution in [0.5, 0.6) is 17.2 Å². The number of rotatable bonds is 6. The minimum absolute atomic E-state index is 0.0441. The van der Waals surface area contributed by atoms with Crippen molar-refractivity contribution in [2.24, 2.45) is 0 Å². The van der Waals surface area contributed by atoms with E-state index in [0.717, 1.165) is 0 Å². The number of phenols is 2. The maximum atomic E-state index is 13.8. The molecule has 43 heavy (non-hydrogen) atoms. The first-order valence-corrected chi connectivity index (χ1v) is 14.1. The van der Waals surface area contributed by atoms with Crippen LogP contribution in [0, 0.1) is 0 Å². The van der Waals surface area contributed by atoms with Crippen molar-refractivity contribution < 1.29 is 54.1 Å². The van der Waals surface area contributed by atoms with Crippen LogP contribution in [0.3, 0.4) is 0 Å². The average Bonchev–Trinajstić information content (AvgIpc) is 2.94. The largest absolute Gasteiger partial charge is 0.507 e. The molecule has 0 unspecified atom stereocenters. The number of carbonyl (C=O) groups excluding carboxylic acids is 3. The molecule has 3 aliphatic rings. The van der Waals surface area contributed by atoms with Crippen molar-refractivity contribution in [3.8, 4) is 17.2 Å². The Bertz CT molecular complexity index is 1500. The molecule has 0 aromatic heterocycles. The molecule has 1 aliphatic heterocycles. The van der Waals surface area contributed by atoms with Crippen molar-refractivity contribution in [1.29, 1.82) is 0 Å². The maximum Gasteiger partial charge on any atom is 0.202 e. The van der Waals surface area contributed by atoms with Crippen LogP contribution in [0.1, 0.15) is 89.6 Å². The third-order valence-corrected chi connectivity index (χ3v) is 8.38. The second-order valence-corrected chi connectivity index (χ2v) is 12.5. The van der Waals surface area contributed by atoms with Gasteiger partial charge in [-0.1, -0.05) is 12.1 Å². The Balaban J connectivity index is 1.64. The lowest BCUT2D eigenvalue weighted by molar-refractivity contribution is -0.250. The molecular formula is C31H37NO11. The topological polar surface area (TPSA) is 192 Å². The number of aromatic hydroxyl groups is 2. The summed E-state index contributed by atoms with van der Waals surface area (Å²) in [5, 5.41) is 58.2. The number of hydrogen-bond donors (Lipinski definition) is 6. The van der Waals surface area contributed by atoms with Crippen LogP contribution < -0.4 is 10.1 Å². The van der Waals surface area contributed by atoms with E-state index in [0.29, 0.717) is 0 Å². The molecular weight excluding hydrogens is 562 g/mol. The first kappa shape index (κ1) is 31.0. The summed E-state index contributed by atoms with van der Waals surface area (Å²) in [4.78, 5) is 40.2. The summed E-state index contributed by atoms with van der Waals surface area (Å²) in [6.07, 6.45) is -4.79. The number of aliphatic hydroxyl groups is 3. The zero-order valence-electron chi connectivity index (χ0n) is 24.6. The average molecular weight is 600 g/mol. The van der Waals surface area contributed by atoms with Gasteiger partial charge < -0.3 is 45.1 Å². The molecule has 0 amide bonds. The molecule has 6 N–H and O–H groups in total. The van der Waals surface area contributed by atoms with Gasteiger partial charge >= 0.3 is 0 Å². The molecule has 0 bridgehead atoms. The summed E-state index contributed by atoms with van der Waals surface area (Å²) in [6.45, 7) is 6.45. The Hall–Kier alpha value is -3.39. The van der Waals surface area contributed by atoms with E-state index in [9.17, 15) is 39.9 Å². The van der Waals surface area contributed by atoms with E-state index in [1.54, 1.807) is 6.92 Å². The van der Waals surface area contributed by atoms with Gasteiger partial charge in [0.15, 0.2) is 17.9 Å². The monoisotopic (exact) mass is 599 g/mol. The van der Waals surface area contributed by atoms with Crippen molar-refractivity contribution in [3.63, 3.8) is 0 Å². The number of fused-ring (bicyclic) bond motifs is 3.